The number of hydrogen-bond donors (Lipinski definition) is 0. The molecule has 0 N–H and O–H groups in total. The SMILES string of the molecule is COc1ccc2c(c1)[C@]1(SCCN1C(=O)C1CCC1)C(=O)N2Cc1cccc(C#N)c1. The molecule has 6 nitrogen and oxygen atoms in total. The zero-order valence-corrected chi connectivity index (χ0v) is 18.2. The fourth-order valence-corrected chi connectivity index (χ4v) is 6.16. The van der Waals surface area contributed by atoms with Crippen molar-refractivity contribution in [1.29, 1.82) is 5.26 Å². The summed E-state index contributed by atoms with van der Waals surface area (Å²) in [5, 5.41) is 9.24. The van der Waals surface area contributed by atoms with Gasteiger partial charge in [-0.15, -0.1) is 11.8 Å². The molecule has 2 aromatic rings. The molecule has 2 heterocycles. The van der Waals surface area contributed by atoms with Crippen LogP contribution in [0.25, 0.3) is 0 Å². The van der Waals surface area contributed by atoms with Gasteiger partial charge in [-0.25, -0.2) is 0 Å². The third-order valence-electron chi connectivity index (χ3n) is 6.52. The number of rotatable bonds is 4. The van der Waals surface area contributed by atoms with Crippen LogP contribution in [0.1, 0.15) is 36.0 Å². The number of nitriles is 1. The first-order chi connectivity index (χ1) is 15.1. The Balaban J connectivity index is 1.59. The lowest BCUT2D eigenvalue weighted by Gasteiger charge is -2.37. The molecule has 1 atom stereocenters. The van der Waals surface area contributed by atoms with E-state index in [1.54, 1.807) is 24.1 Å². The Morgan fingerprint density at radius 2 is 2.13 bits per heavy atom. The van der Waals surface area contributed by atoms with Gasteiger partial charge in [-0.3, -0.25) is 9.59 Å². The third kappa shape index (κ3) is 3.01. The van der Waals surface area contributed by atoms with Crippen molar-refractivity contribution in [2.45, 2.75) is 30.7 Å². The predicted molar refractivity (Wildman–Crippen MR) is 119 cm³/mol. The molecular formula is C24H23N3O3S. The van der Waals surface area contributed by atoms with Crippen LogP contribution < -0.4 is 9.64 Å². The maximum Gasteiger partial charge on any atom is 0.268 e. The quantitative estimate of drug-likeness (QED) is 0.736. The summed E-state index contributed by atoms with van der Waals surface area (Å²) in [6, 6.07) is 15.1. The summed E-state index contributed by atoms with van der Waals surface area (Å²) in [7, 11) is 1.61. The van der Waals surface area contributed by atoms with Gasteiger partial charge in [0.2, 0.25) is 5.91 Å². The van der Waals surface area contributed by atoms with Gasteiger partial charge < -0.3 is 14.5 Å². The van der Waals surface area contributed by atoms with Crippen LogP contribution >= 0.6 is 11.8 Å². The van der Waals surface area contributed by atoms with Crippen LogP contribution in [0.15, 0.2) is 42.5 Å². The van der Waals surface area contributed by atoms with Gasteiger partial charge in [0, 0.05) is 23.8 Å². The highest BCUT2D eigenvalue weighted by Crippen LogP contribution is 2.56. The molecule has 0 aromatic heterocycles. The van der Waals surface area contributed by atoms with Crippen molar-refractivity contribution in [2.75, 3.05) is 24.3 Å². The molecule has 2 fully saturated rings. The summed E-state index contributed by atoms with van der Waals surface area (Å²) in [5.41, 5.74) is 3.06. The molecule has 2 amide bonds. The number of nitrogens with zero attached hydrogens (tertiary/aromatic N) is 3. The molecule has 158 valence electrons. The maximum absolute atomic E-state index is 14.0. The van der Waals surface area contributed by atoms with Crippen LogP contribution in [-0.2, 0) is 21.0 Å². The molecule has 1 aliphatic carbocycles. The van der Waals surface area contributed by atoms with Gasteiger partial charge >= 0.3 is 0 Å². The Labute approximate surface area is 185 Å². The first-order valence-electron chi connectivity index (χ1n) is 10.5. The van der Waals surface area contributed by atoms with E-state index in [4.69, 9.17) is 4.74 Å². The lowest BCUT2D eigenvalue weighted by molar-refractivity contribution is -0.145. The van der Waals surface area contributed by atoms with Crippen LogP contribution in [0, 0.1) is 17.2 Å². The summed E-state index contributed by atoms with van der Waals surface area (Å²) in [4.78, 5) is 29.8. The van der Waals surface area contributed by atoms with Crippen LogP contribution in [0.5, 0.6) is 5.75 Å². The van der Waals surface area contributed by atoms with E-state index >= 15 is 0 Å². The number of hydrogen-bond acceptors (Lipinski definition) is 5. The zero-order chi connectivity index (χ0) is 21.6. The van der Waals surface area contributed by atoms with E-state index in [2.05, 4.69) is 6.07 Å². The lowest BCUT2D eigenvalue weighted by Crippen LogP contribution is -2.52. The van der Waals surface area contributed by atoms with E-state index in [1.807, 2.05) is 35.2 Å². The highest BCUT2D eigenvalue weighted by Gasteiger charge is 2.60. The van der Waals surface area contributed by atoms with Gasteiger partial charge in [-0.1, -0.05) is 18.6 Å². The third-order valence-corrected chi connectivity index (χ3v) is 7.94. The largest absolute Gasteiger partial charge is 0.497 e. The average Bonchev–Trinajstić information content (AvgIpc) is 3.29. The van der Waals surface area contributed by atoms with Gasteiger partial charge in [0.25, 0.3) is 5.91 Å². The van der Waals surface area contributed by atoms with Gasteiger partial charge in [0.15, 0.2) is 4.87 Å². The number of anilines is 1. The van der Waals surface area contributed by atoms with Crippen molar-refractivity contribution in [3.63, 3.8) is 0 Å². The first-order valence-corrected chi connectivity index (χ1v) is 11.5. The monoisotopic (exact) mass is 433 g/mol. The number of ether oxygens (including phenoxy) is 1. The summed E-state index contributed by atoms with van der Waals surface area (Å²) >= 11 is 1.54. The van der Waals surface area contributed by atoms with E-state index in [0.29, 0.717) is 24.4 Å². The van der Waals surface area contributed by atoms with Crippen molar-refractivity contribution >= 4 is 29.3 Å². The van der Waals surface area contributed by atoms with Crippen molar-refractivity contribution in [2.24, 2.45) is 5.92 Å². The molecule has 1 spiro atoms. The Morgan fingerprint density at radius 1 is 1.29 bits per heavy atom. The van der Waals surface area contributed by atoms with Crippen molar-refractivity contribution in [3.05, 3.63) is 59.2 Å². The topological polar surface area (TPSA) is 73.6 Å². The standard InChI is InChI=1S/C24H23N3O3S/c1-30-19-8-9-21-20(13-19)24(27(10-11-31-24)22(28)18-6-3-7-18)23(29)26(21)15-17-5-2-4-16(12-17)14-25/h2,4-5,8-9,12-13,18H,3,6-7,10-11,15H2,1H3/t24-/m0/s1. The molecule has 5 rings (SSSR count). The molecule has 0 radical (unpaired) electrons. The fourth-order valence-electron chi connectivity index (χ4n) is 4.70. The molecule has 3 aliphatic rings. The predicted octanol–water partition coefficient (Wildman–Crippen LogP) is 3.64. The highest BCUT2D eigenvalue weighted by atomic mass is 32.2. The van der Waals surface area contributed by atoms with Gasteiger partial charge in [0.1, 0.15) is 5.75 Å². The molecule has 1 saturated heterocycles. The van der Waals surface area contributed by atoms with Gasteiger partial charge in [0.05, 0.1) is 31.0 Å². The second kappa shape index (κ2) is 7.61. The zero-order valence-electron chi connectivity index (χ0n) is 17.3. The second-order valence-corrected chi connectivity index (χ2v) is 9.48. The van der Waals surface area contributed by atoms with Gasteiger partial charge in [-0.2, -0.15) is 5.26 Å². The second-order valence-electron chi connectivity index (χ2n) is 8.20. The van der Waals surface area contributed by atoms with Crippen LogP contribution in [0.3, 0.4) is 0 Å². The number of fused-ring (bicyclic) bond motifs is 2. The smallest absolute Gasteiger partial charge is 0.268 e. The van der Waals surface area contributed by atoms with E-state index in [9.17, 15) is 14.9 Å². The Bertz CT molecular complexity index is 1110. The number of methoxy groups -OCH3 is 1. The number of thioether (sulfide) groups is 1. The summed E-state index contributed by atoms with van der Waals surface area (Å²) in [6.45, 7) is 0.918. The Hall–Kier alpha value is -2.98. The van der Waals surface area contributed by atoms with Crippen molar-refractivity contribution < 1.29 is 14.3 Å². The first kappa shape index (κ1) is 20.0. The average molecular weight is 434 g/mol. The molecule has 7 heteroatoms. The summed E-state index contributed by atoms with van der Waals surface area (Å²) in [5.74, 6) is 1.42. The van der Waals surface area contributed by atoms with Crippen LogP contribution in [-0.4, -0.2) is 36.1 Å². The lowest BCUT2D eigenvalue weighted by atomic mass is 9.84. The molecule has 0 unspecified atom stereocenters. The van der Waals surface area contributed by atoms with E-state index < -0.39 is 4.87 Å². The summed E-state index contributed by atoms with van der Waals surface area (Å²) in [6.07, 6.45) is 2.88. The number of carbonyl (C=O) groups is 2. The van der Waals surface area contributed by atoms with Crippen molar-refractivity contribution in [1.82, 2.24) is 4.90 Å². The minimum atomic E-state index is -1.04. The molecule has 2 aliphatic heterocycles. The van der Waals surface area contributed by atoms with Gasteiger partial charge in [-0.05, 0) is 48.7 Å². The fraction of sp³-hybridized carbons (Fsp3) is 0.375. The number of carbonyl (C=O) groups excluding carboxylic acids is 2. The Kier molecular flexibility index (Phi) is 4.90. The highest BCUT2D eigenvalue weighted by molar-refractivity contribution is 8.01. The number of amides is 2. The molecule has 1 saturated carbocycles. The normalized spacial score (nSPS) is 22.4. The summed E-state index contributed by atoms with van der Waals surface area (Å²) < 4.78 is 5.46. The molecule has 31 heavy (non-hydrogen) atoms. The minimum absolute atomic E-state index is 0.0267. The van der Waals surface area contributed by atoms with E-state index in [1.165, 1.54) is 11.8 Å². The van der Waals surface area contributed by atoms with Crippen LogP contribution in [0.2, 0.25) is 0 Å². The number of benzene rings is 2. The van der Waals surface area contributed by atoms with E-state index in [0.717, 1.165) is 41.8 Å². The van der Waals surface area contributed by atoms with Crippen molar-refractivity contribution in [3.8, 4) is 11.8 Å². The molecule has 0 bridgehead atoms. The minimum Gasteiger partial charge on any atom is -0.497 e. The van der Waals surface area contributed by atoms with Crippen LogP contribution in [0.4, 0.5) is 5.69 Å². The maximum atomic E-state index is 14.0. The molecule has 2 aromatic carbocycles. The molecular weight excluding hydrogens is 410 g/mol. The Morgan fingerprint density at radius 3 is 2.84 bits per heavy atom. The van der Waals surface area contributed by atoms with E-state index in [-0.39, 0.29) is 17.7 Å².